The number of carbonyl (C=O) groups is 1. The highest BCUT2D eigenvalue weighted by molar-refractivity contribution is 6.32. The first-order valence-electron chi connectivity index (χ1n) is 7.18. The molecule has 112 valence electrons. The average molecular weight is 313 g/mol. The van der Waals surface area contributed by atoms with Gasteiger partial charge < -0.3 is 5.73 Å². The Morgan fingerprint density at radius 2 is 1.86 bits per heavy atom. The molecule has 1 aliphatic rings. The number of hydrogen-bond donors (Lipinski definition) is 1. The third-order valence-corrected chi connectivity index (χ3v) is 4.17. The molecule has 1 atom stereocenters. The van der Waals surface area contributed by atoms with Gasteiger partial charge in [-0.2, -0.15) is 0 Å². The second-order valence-electron chi connectivity index (χ2n) is 5.71. The molecule has 1 unspecified atom stereocenters. The standard InChI is InChI=1S/C18H17ClN2O/c1-10-6-11(2)8-12(7-10)17-13-4-3-5-15(19)14(13)9-16(22)18(20)21-17/h3-8,18H,9,20H2,1-2H3. The largest absolute Gasteiger partial charge is 0.303 e. The lowest BCUT2D eigenvalue weighted by molar-refractivity contribution is -0.119. The quantitative estimate of drug-likeness (QED) is 0.879. The number of aliphatic imine (C=N–C) groups is 1. The number of benzene rings is 2. The molecular formula is C18H17ClN2O. The van der Waals surface area contributed by atoms with E-state index in [1.165, 1.54) is 0 Å². The summed E-state index contributed by atoms with van der Waals surface area (Å²) in [7, 11) is 0. The van der Waals surface area contributed by atoms with Crippen LogP contribution >= 0.6 is 11.6 Å². The van der Waals surface area contributed by atoms with Crippen LogP contribution in [0.25, 0.3) is 0 Å². The van der Waals surface area contributed by atoms with Gasteiger partial charge in [0.15, 0.2) is 11.9 Å². The van der Waals surface area contributed by atoms with E-state index in [4.69, 9.17) is 17.3 Å². The van der Waals surface area contributed by atoms with Crippen LogP contribution in [0, 0.1) is 13.8 Å². The predicted octanol–water partition coefficient (Wildman–Crippen LogP) is 3.20. The molecule has 0 saturated heterocycles. The Labute approximate surface area is 134 Å². The Morgan fingerprint density at radius 3 is 2.55 bits per heavy atom. The molecule has 4 heteroatoms. The van der Waals surface area contributed by atoms with Crippen LogP contribution < -0.4 is 5.73 Å². The van der Waals surface area contributed by atoms with E-state index in [1.807, 2.05) is 26.0 Å². The van der Waals surface area contributed by atoms with Crippen LogP contribution in [-0.4, -0.2) is 17.7 Å². The third kappa shape index (κ3) is 2.70. The Balaban J connectivity index is 2.27. The normalized spacial score (nSPS) is 17.7. The summed E-state index contributed by atoms with van der Waals surface area (Å²) >= 11 is 6.30. The maximum absolute atomic E-state index is 12.1. The van der Waals surface area contributed by atoms with E-state index in [-0.39, 0.29) is 12.2 Å². The van der Waals surface area contributed by atoms with Crippen LogP contribution in [0.15, 0.2) is 41.4 Å². The lowest BCUT2D eigenvalue weighted by Crippen LogP contribution is -2.29. The van der Waals surface area contributed by atoms with E-state index >= 15 is 0 Å². The number of halogens is 1. The molecule has 3 rings (SSSR count). The molecule has 0 spiro atoms. The smallest absolute Gasteiger partial charge is 0.176 e. The van der Waals surface area contributed by atoms with Crippen LogP contribution in [-0.2, 0) is 11.2 Å². The molecule has 0 bridgehead atoms. The molecule has 2 aromatic carbocycles. The van der Waals surface area contributed by atoms with E-state index in [9.17, 15) is 4.79 Å². The Kier molecular flexibility index (Phi) is 3.85. The summed E-state index contributed by atoms with van der Waals surface area (Å²) < 4.78 is 0. The van der Waals surface area contributed by atoms with Gasteiger partial charge in [-0.3, -0.25) is 9.79 Å². The minimum Gasteiger partial charge on any atom is -0.303 e. The van der Waals surface area contributed by atoms with E-state index in [2.05, 4.69) is 23.2 Å². The number of fused-ring (bicyclic) bond motifs is 1. The zero-order chi connectivity index (χ0) is 15.9. The summed E-state index contributed by atoms with van der Waals surface area (Å²) in [6, 6.07) is 11.8. The van der Waals surface area contributed by atoms with Crippen molar-refractivity contribution in [3.8, 4) is 0 Å². The molecular weight excluding hydrogens is 296 g/mol. The van der Waals surface area contributed by atoms with E-state index in [0.717, 1.165) is 33.5 Å². The fraction of sp³-hybridized carbons (Fsp3) is 0.222. The molecule has 22 heavy (non-hydrogen) atoms. The van der Waals surface area contributed by atoms with Gasteiger partial charge >= 0.3 is 0 Å². The molecule has 0 fully saturated rings. The number of nitrogens with zero attached hydrogens (tertiary/aromatic N) is 1. The molecule has 2 aromatic rings. The molecule has 0 amide bonds. The SMILES string of the molecule is Cc1cc(C)cc(C2=NC(N)C(=O)Cc3c(Cl)cccc32)c1. The van der Waals surface area contributed by atoms with E-state index in [1.54, 1.807) is 6.07 Å². The maximum Gasteiger partial charge on any atom is 0.176 e. The molecule has 0 aromatic heterocycles. The van der Waals surface area contributed by atoms with Crippen LogP contribution in [0.4, 0.5) is 0 Å². The molecule has 3 nitrogen and oxygen atoms in total. The van der Waals surface area contributed by atoms with Crippen LogP contribution in [0.3, 0.4) is 0 Å². The van der Waals surface area contributed by atoms with Crippen molar-refractivity contribution < 1.29 is 4.79 Å². The lowest BCUT2D eigenvalue weighted by Gasteiger charge is -2.12. The fourth-order valence-corrected chi connectivity index (χ4v) is 3.10. The highest BCUT2D eigenvalue weighted by Crippen LogP contribution is 2.27. The first kappa shape index (κ1) is 14.9. The number of ketones is 1. The summed E-state index contributed by atoms with van der Waals surface area (Å²) in [6.07, 6.45) is -0.632. The van der Waals surface area contributed by atoms with Gasteiger partial charge in [-0.05, 0) is 37.6 Å². The zero-order valence-electron chi connectivity index (χ0n) is 12.6. The number of aryl methyl sites for hydroxylation is 2. The third-order valence-electron chi connectivity index (χ3n) is 3.82. The highest BCUT2D eigenvalue weighted by atomic mass is 35.5. The topological polar surface area (TPSA) is 55.4 Å². The fourth-order valence-electron chi connectivity index (χ4n) is 2.86. The molecule has 1 heterocycles. The maximum atomic E-state index is 12.1. The van der Waals surface area contributed by atoms with Crippen LogP contribution in [0.2, 0.25) is 5.02 Å². The minimum absolute atomic E-state index is 0.117. The minimum atomic E-state index is -0.848. The Morgan fingerprint density at radius 1 is 1.18 bits per heavy atom. The number of nitrogens with two attached hydrogens (primary N) is 1. The molecule has 0 aliphatic carbocycles. The number of Topliss-reactive ketones (excluding diaryl/α,β-unsaturated/α-hetero) is 1. The summed E-state index contributed by atoms with van der Waals surface area (Å²) in [5.41, 5.74) is 11.6. The zero-order valence-corrected chi connectivity index (χ0v) is 13.3. The van der Waals surface area contributed by atoms with Crippen molar-refractivity contribution in [3.63, 3.8) is 0 Å². The van der Waals surface area contributed by atoms with Crippen molar-refractivity contribution >= 4 is 23.1 Å². The van der Waals surface area contributed by atoms with Crippen LogP contribution in [0.1, 0.15) is 27.8 Å². The second kappa shape index (κ2) is 5.67. The number of hydrogen-bond acceptors (Lipinski definition) is 3. The van der Waals surface area contributed by atoms with Crippen molar-refractivity contribution in [3.05, 3.63) is 69.2 Å². The van der Waals surface area contributed by atoms with Gasteiger partial charge in [-0.25, -0.2) is 0 Å². The van der Waals surface area contributed by atoms with Gasteiger partial charge in [0.05, 0.1) is 5.71 Å². The van der Waals surface area contributed by atoms with Gasteiger partial charge in [-0.1, -0.05) is 40.9 Å². The van der Waals surface area contributed by atoms with Gasteiger partial charge in [0, 0.05) is 22.6 Å². The second-order valence-corrected chi connectivity index (χ2v) is 6.12. The summed E-state index contributed by atoms with van der Waals surface area (Å²) in [4.78, 5) is 16.6. The molecule has 1 aliphatic heterocycles. The van der Waals surface area contributed by atoms with Crippen molar-refractivity contribution in [1.29, 1.82) is 0 Å². The number of rotatable bonds is 1. The monoisotopic (exact) mass is 312 g/mol. The molecule has 0 saturated carbocycles. The van der Waals surface area contributed by atoms with Gasteiger partial charge in [0.25, 0.3) is 0 Å². The molecule has 2 N–H and O–H groups in total. The molecule has 0 radical (unpaired) electrons. The summed E-state index contributed by atoms with van der Waals surface area (Å²) in [5, 5.41) is 0.581. The first-order valence-corrected chi connectivity index (χ1v) is 7.56. The van der Waals surface area contributed by atoms with Crippen molar-refractivity contribution in [2.75, 3.05) is 0 Å². The summed E-state index contributed by atoms with van der Waals surface area (Å²) in [5.74, 6) is -0.117. The van der Waals surface area contributed by atoms with Crippen LogP contribution in [0.5, 0.6) is 0 Å². The van der Waals surface area contributed by atoms with Gasteiger partial charge in [0.2, 0.25) is 0 Å². The van der Waals surface area contributed by atoms with Crippen molar-refractivity contribution in [2.45, 2.75) is 26.4 Å². The van der Waals surface area contributed by atoms with Gasteiger partial charge in [-0.15, -0.1) is 0 Å². The summed E-state index contributed by atoms with van der Waals surface area (Å²) in [6.45, 7) is 4.08. The van der Waals surface area contributed by atoms with Gasteiger partial charge in [0.1, 0.15) is 0 Å². The Hall–Kier alpha value is -1.97. The Bertz CT molecular complexity index is 775. The average Bonchev–Trinajstić information content (AvgIpc) is 2.57. The highest BCUT2D eigenvalue weighted by Gasteiger charge is 2.25. The van der Waals surface area contributed by atoms with Crippen molar-refractivity contribution in [1.82, 2.24) is 0 Å². The van der Waals surface area contributed by atoms with E-state index < -0.39 is 6.17 Å². The lowest BCUT2D eigenvalue weighted by atomic mass is 9.94. The first-order chi connectivity index (χ1) is 10.5. The van der Waals surface area contributed by atoms with Crippen molar-refractivity contribution in [2.24, 2.45) is 10.7 Å². The van der Waals surface area contributed by atoms with E-state index in [0.29, 0.717) is 5.02 Å². The number of carbonyl (C=O) groups excluding carboxylic acids is 1. The predicted molar refractivity (Wildman–Crippen MR) is 89.7 cm³/mol.